The zero-order valence-electron chi connectivity index (χ0n) is 23.1. The number of hydrogen-bond donors (Lipinski definition) is 1. The van der Waals surface area contributed by atoms with Gasteiger partial charge in [0.25, 0.3) is 0 Å². The molecule has 1 aliphatic rings. The van der Waals surface area contributed by atoms with Crippen molar-refractivity contribution in [3.05, 3.63) is 144 Å². The summed E-state index contributed by atoms with van der Waals surface area (Å²) in [6, 6.07) is 39.1. The van der Waals surface area contributed by atoms with Gasteiger partial charge in [-0.2, -0.15) is 0 Å². The van der Waals surface area contributed by atoms with Crippen LogP contribution in [0.4, 0.5) is 0 Å². The molecule has 1 fully saturated rings. The summed E-state index contributed by atoms with van der Waals surface area (Å²) in [4.78, 5) is 15.0. The topological polar surface area (TPSA) is 68.2 Å². The van der Waals surface area contributed by atoms with Gasteiger partial charge >= 0.3 is 0 Å². The molecule has 0 spiro atoms. The van der Waals surface area contributed by atoms with E-state index in [-0.39, 0.29) is 30.6 Å². The minimum atomic E-state index is -1.16. The van der Waals surface area contributed by atoms with Crippen molar-refractivity contribution in [1.82, 2.24) is 4.90 Å². The third-order valence-corrected chi connectivity index (χ3v) is 7.30. The number of Topliss-reactive ketones (excluding diaryl/α,β-unsaturated/α-hetero) is 1. The number of ether oxygens (including phenoxy) is 3. The zero-order valence-corrected chi connectivity index (χ0v) is 23.1. The van der Waals surface area contributed by atoms with Gasteiger partial charge in [0, 0.05) is 25.2 Å². The number of ketones is 1. The molecular formula is C35H37NO5. The van der Waals surface area contributed by atoms with Gasteiger partial charge in [-0.3, -0.25) is 9.69 Å². The molecule has 1 N–H and O–H groups in total. The Balaban J connectivity index is 1.35. The quantitative estimate of drug-likeness (QED) is 0.228. The van der Waals surface area contributed by atoms with Crippen LogP contribution in [0.2, 0.25) is 0 Å². The molecule has 6 heteroatoms. The van der Waals surface area contributed by atoms with Gasteiger partial charge in [0.2, 0.25) is 0 Å². The van der Waals surface area contributed by atoms with Crippen LogP contribution in [0, 0.1) is 0 Å². The number of piperidine rings is 1. The largest absolute Gasteiger partial charge is 0.384 e. The SMILES string of the molecule is O=C(c1ccccc1)C(O)CN1CC(OCc2ccccc2)C(OCc2ccccc2)C(OCc2ccccc2)C1. The minimum Gasteiger partial charge on any atom is -0.384 e. The van der Waals surface area contributed by atoms with Crippen molar-refractivity contribution in [2.45, 2.75) is 44.2 Å². The van der Waals surface area contributed by atoms with Crippen molar-refractivity contribution < 1.29 is 24.1 Å². The highest BCUT2D eigenvalue weighted by Gasteiger charge is 2.40. The lowest BCUT2D eigenvalue weighted by atomic mass is 9.99. The lowest BCUT2D eigenvalue weighted by Gasteiger charge is -2.43. The predicted octanol–water partition coefficient (Wildman–Crippen LogP) is 5.30. The fourth-order valence-electron chi connectivity index (χ4n) is 5.13. The summed E-state index contributed by atoms with van der Waals surface area (Å²) in [6.07, 6.45) is -2.19. The summed E-state index contributed by atoms with van der Waals surface area (Å²) in [7, 11) is 0. The van der Waals surface area contributed by atoms with E-state index in [4.69, 9.17) is 14.2 Å². The first-order chi connectivity index (χ1) is 20.2. The van der Waals surface area contributed by atoms with Crippen molar-refractivity contribution in [2.75, 3.05) is 19.6 Å². The van der Waals surface area contributed by atoms with E-state index in [0.29, 0.717) is 38.5 Å². The van der Waals surface area contributed by atoms with E-state index in [1.165, 1.54) is 0 Å². The zero-order chi connectivity index (χ0) is 28.3. The molecule has 0 aliphatic carbocycles. The Bertz CT molecular complexity index is 1270. The number of likely N-dealkylation sites (tertiary alicyclic amines) is 1. The molecule has 0 amide bonds. The number of hydrogen-bond acceptors (Lipinski definition) is 6. The second-order valence-electron chi connectivity index (χ2n) is 10.4. The monoisotopic (exact) mass is 551 g/mol. The molecule has 1 saturated heterocycles. The molecule has 0 bridgehead atoms. The van der Waals surface area contributed by atoms with Crippen molar-refractivity contribution in [1.29, 1.82) is 0 Å². The normalized spacial score (nSPS) is 20.0. The van der Waals surface area contributed by atoms with Crippen LogP contribution in [0.25, 0.3) is 0 Å². The van der Waals surface area contributed by atoms with E-state index in [1.54, 1.807) is 24.3 Å². The van der Waals surface area contributed by atoms with Crippen molar-refractivity contribution >= 4 is 5.78 Å². The van der Waals surface area contributed by atoms with E-state index >= 15 is 0 Å². The Kier molecular flexibility index (Phi) is 10.4. The fraction of sp³-hybridized carbons (Fsp3) is 0.286. The van der Waals surface area contributed by atoms with Gasteiger partial charge < -0.3 is 19.3 Å². The molecule has 3 unspecified atom stereocenters. The maximum absolute atomic E-state index is 13.0. The van der Waals surface area contributed by atoms with Crippen molar-refractivity contribution in [3.8, 4) is 0 Å². The molecule has 212 valence electrons. The van der Waals surface area contributed by atoms with Crippen molar-refractivity contribution in [3.63, 3.8) is 0 Å². The molecule has 5 rings (SSSR count). The predicted molar refractivity (Wildman–Crippen MR) is 158 cm³/mol. The average molecular weight is 552 g/mol. The Labute approximate surface area is 242 Å². The second-order valence-corrected chi connectivity index (χ2v) is 10.4. The Morgan fingerprint density at radius 3 is 1.46 bits per heavy atom. The van der Waals surface area contributed by atoms with Gasteiger partial charge in [0.15, 0.2) is 5.78 Å². The molecule has 4 aromatic rings. The maximum Gasteiger partial charge on any atom is 0.192 e. The average Bonchev–Trinajstić information content (AvgIpc) is 3.03. The Morgan fingerprint density at radius 1 is 0.634 bits per heavy atom. The van der Waals surface area contributed by atoms with Crippen LogP contribution in [0.5, 0.6) is 0 Å². The van der Waals surface area contributed by atoms with Gasteiger partial charge in [-0.05, 0) is 16.7 Å². The Morgan fingerprint density at radius 2 is 1.02 bits per heavy atom. The van der Waals surface area contributed by atoms with Gasteiger partial charge in [0.1, 0.15) is 12.2 Å². The van der Waals surface area contributed by atoms with Crippen LogP contribution in [0.3, 0.4) is 0 Å². The van der Waals surface area contributed by atoms with E-state index in [9.17, 15) is 9.90 Å². The number of rotatable bonds is 13. The summed E-state index contributed by atoms with van der Waals surface area (Å²) < 4.78 is 19.5. The molecule has 0 aromatic heterocycles. The first-order valence-corrected chi connectivity index (χ1v) is 14.1. The van der Waals surface area contributed by atoms with Crippen molar-refractivity contribution in [2.24, 2.45) is 0 Å². The van der Waals surface area contributed by atoms with Gasteiger partial charge in [-0.1, -0.05) is 121 Å². The van der Waals surface area contributed by atoms with Gasteiger partial charge in [-0.15, -0.1) is 0 Å². The summed E-state index contributed by atoms with van der Waals surface area (Å²) in [5.74, 6) is -0.295. The van der Waals surface area contributed by atoms with E-state index in [1.807, 2.05) is 97.1 Å². The summed E-state index contributed by atoms with van der Waals surface area (Å²) in [5.41, 5.74) is 3.69. The van der Waals surface area contributed by atoms with Gasteiger partial charge in [-0.25, -0.2) is 0 Å². The lowest BCUT2D eigenvalue weighted by molar-refractivity contribution is -0.186. The highest BCUT2D eigenvalue weighted by Crippen LogP contribution is 2.25. The molecule has 0 saturated carbocycles. The molecule has 1 aliphatic heterocycles. The highest BCUT2D eigenvalue weighted by molar-refractivity contribution is 5.99. The summed E-state index contributed by atoms with van der Waals surface area (Å²) in [6.45, 7) is 2.43. The molecule has 3 atom stereocenters. The second kappa shape index (κ2) is 14.8. The van der Waals surface area contributed by atoms with Crippen LogP contribution < -0.4 is 0 Å². The molecule has 4 aromatic carbocycles. The van der Waals surface area contributed by atoms with E-state index in [2.05, 4.69) is 4.90 Å². The molecular weight excluding hydrogens is 514 g/mol. The summed E-state index contributed by atoms with van der Waals surface area (Å²) >= 11 is 0. The molecule has 6 nitrogen and oxygen atoms in total. The van der Waals surface area contributed by atoms with Crippen LogP contribution in [0.1, 0.15) is 27.0 Å². The minimum absolute atomic E-state index is 0.176. The molecule has 0 radical (unpaired) electrons. The van der Waals surface area contributed by atoms with Crippen LogP contribution >= 0.6 is 0 Å². The first-order valence-electron chi connectivity index (χ1n) is 14.1. The third-order valence-electron chi connectivity index (χ3n) is 7.30. The van der Waals surface area contributed by atoms with E-state index < -0.39 is 6.10 Å². The number of β-amino-alcohol motifs (C(OH)–C–C–N with tert-alkyl or cyclic N) is 1. The number of benzene rings is 4. The standard InChI is InChI=1S/C35H37NO5/c37-31(34(38)30-19-11-4-12-20-30)21-36-22-32(39-24-27-13-5-1-6-14-27)35(41-26-29-17-9-3-10-18-29)33(23-36)40-25-28-15-7-2-8-16-28/h1-20,31-33,35,37H,21-26H2. The van der Waals surface area contributed by atoms with E-state index in [0.717, 1.165) is 16.7 Å². The van der Waals surface area contributed by atoms with Gasteiger partial charge in [0.05, 0.1) is 32.0 Å². The number of aliphatic hydroxyl groups is 1. The summed E-state index contributed by atoms with van der Waals surface area (Å²) in [5, 5.41) is 10.9. The maximum atomic E-state index is 13.0. The smallest absolute Gasteiger partial charge is 0.192 e. The number of carbonyl (C=O) groups is 1. The lowest BCUT2D eigenvalue weighted by Crippen LogP contribution is -2.59. The number of aliphatic hydroxyl groups excluding tert-OH is 1. The highest BCUT2D eigenvalue weighted by atomic mass is 16.6. The van der Waals surface area contributed by atoms with Crippen LogP contribution in [0.15, 0.2) is 121 Å². The van der Waals surface area contributed by atoms with Crippen LogP contribution in [-0.4, -0.2) is 59.8 Å². The first kappa shape index (κ1) is 28.9. The molecule has 1 heterocycles. The fourth-order valence-corrected chi connectivity index (χ4v) is 5.13. The number of carbonyl (C=O) groups excluding carboxylic acids is 1. The third kappa shape index (κ3) is 8.43. The Hall–Kier alpha value is -3.65. The number of nitrogens with zero attached hydrogens (tertiary/aromatic N) is 1. The van der Waals surface area contributed by atoms with Crippen LogP contribution in [-0.2, 0) is 34.0 Å². The molecule has 41 heavy (non-hydrogen) atoms.